The van der Waals surface area contributed by atoms with E-state index >= 15 is 0 Å². The molecule has 0 aliphatic heterocycles. The molecular weight excluding hydrogens is 258 g/mol. The van der Waals surface area contributed by atoms with Gasteiger partial charge in [-0.2, -0.15) is 0 Å². The predicted molar refractivity (Wildman–Crippen MR) is 79.3 cm³/mol. The maximum atomic E-state index is 12.3. The lowest BCUT2D eigenvalue weighted by Gasteiger charge is -2.18. The molecule has 1 heterocycles. The molecule has 0 unspecified atom stereocenters. The largest absolute Gasteiger partial charge is 0.389 e. The second-order valence-electron chi connectivity index (χ2n) is 4.01. The maximum absolute atomic E-state index is 12.3. The van der Waals surface area contributed by atoms with Crippen molar-refractivity contribution in [3.8, 4) is 0 Å². The molecule has 2 rings (SSSR count). The van der Waals surface area contributed by atoms with E-state index in [1.54, 1.807) is 42.5 Å². The molecule has 4 nitrogen and oxygen atoms in total. The van der Waals surface area contributed by atoms with Gasteiger partial charge in [0.15, 0.2) is 0 Å². The minimum atomic E-state index is -0.109. The van der Waals surface area contributed by atoms with Crippen LogP contribution in [0.1, 0.15) is 15.9 Å². The van der Waals surface area contributed by atoms with Gasteiger partial charge in [0.2, 0.25) is 0 Å². The molecule has 1 aromatic heterocycles. The van der Waals surface area contributed by atoms with Crippen LogP contribution in [0.5, 0.6) is 0 Å². The highest BCUT2D eigenvalue weighted by Gasteiger charge is 2.13. The first-order chi connectivity index (χ1) is 9.09. The van der Waals surface area contributed by atoms with E-state index < -0.39 is 0 Å². The van der Waals surface area contributed by atoms with E-state index in [-0.39, 0.29) is 5.91 Å². The van der Waals surface area contributed by atoms with Crippen molar-refractivity contribution in [3.05, 3.63) is 59.9 Å². The van der Waals surface area contributed by atoms with Crippen molar-refractivity contribution in [1.82, 2.24) is 4.98 Å². The topological polar surface area (TPSA) is 59.2 Å². The van der Waals surface area contributed by atoms with E-state index in [1.807, 2.05) is 18.2 Å². The van der Waals surface area contributed by atoms with Crippen molar-refractivity contribution >= 4 is 28.8 Å². The molecule has 0 atom stereocenters. The third kappa shape index (κ3) is 2.95. The first-order valence-electron chi connectivity index (χ1n) is 5.67. The summed E-state index contributed by atoms with van der Waals surface area (Å²) in [6, 6.07) is 10.6. The monoisotopic (exact) mass is 271 g/mol. The number of nitrogens with two attached hydrogens (primary N) is 1. The number of hydrogen-bond donors (Lipinski definition) is 1. The summed E-state index contributed by atoms with van der Waals surface area (Å²) in [6.45, 7) is 0. The lowest BCUT2D eigenvalue weighted by Crippen LogP contribution is -2.26. The summed E-state index contributed by atoms with van der Waals surface area (Å²) in [5.41, 5.74) is 7.65. The first kappa shape index (κ1) is 13.2. The van der Waals surface area contributed by atoms with Crippen LogP contribution in [-0.4, -0.2) is 22.9 Å². The molecular formula is C14H13N3OS. The molecule has 0 aliphatic rings. The highest BCUT2D eigenvalue weighted by Crippen LogP contribution is 2.17. The van der Waals surface area contributed by atoms with Gasteiger partial charge < -0.3 is 10.6 Å². The number of amides is 1. The quantitative estimate of drug-likeness (QED) is 0.867. The van der Waals surface area contributed by atoms with Crippen LogP contribution in [0.4, 0.5) is 5.69 Å². The van der Waals surface area contributed by atoms with Crippen LogP contribution in [-0.2, 0) is 0 Å². The molecule has 1 amide bonds. The fourth-order valence-corrected chi connectivity index (χ4v) is 1.80. The van der Waals surface area contributed by atoms with Crippen molar-refractivity contribution in [1.29, 1.82) is 0 Å². The van der Waals surface area contributed by atoms with Gasteiger partial charge in [-0.1, -0.05) is 24.4 Å². The molecule has 2 N–H and O–H groups in total. The van der Waals surface area contributed by atoms with Crippen molar-refractivity contribution in [2.45, 2.75) is 0 Å². The Labute approximate surface area is 116 Å². The molecule has 5 heteroatoms. The Balaban J connectivity index is 2.29. The minimum absolute atomic E-state index is 0.109. The van der Waals surface area contributed by atoms with E-state index in [1.165, 1.54) is 0 Å². The van der Waals surface area contributed by atoms with Gasteiger partial charge in [0.05, 0.1) is 0 Å². The first-order valence-corrected chi connectivity index (χ1v) is 6.08. The zero-order chi connectivity index (χ0) is 13.8. The highest BCUT2D eigenvalue weighted by atomic mass is 32.1. The fraction of sp³-hybridized carbons (Fsp3) is 0.0714. The zero-order valence-electron chi connectivity index (χ0n) is 10.4. The molecule has 96 valence electrons. The fourth-order valence-electron chi connectivity index (χ4n) is 1.67. The Morgan fingerprint density at radius 2 is 1.89 bits per heavy atom. The molecule has 0 radical (unpaired) electrons. The summed E-state index contributed by atoms with van der Waals surface area (Å²) in [4.78, 5) is 18.0. The number of anilines is 1. The van der Waals surface area contributed by atoms with Gasteiger partial charge in [0.1, 0.15) is 4.99 Å². The van der Waals surface area contributed by atoms with Gasteiger partial charge in [0, 0.05) is 36.3 Å². The zero-order valence-corrected chi connectivity index (χ0v) is 11.2. The molecule has 2 aromatic rings. The van der Waals surface area contributed by atoms with Crippen molar-refractivity contribution in [2.75, 3.05) is 11.9 Å². The maximum Gasteiger partial charge on any atom is 0.258 e. The van der Waals surface area contributed by atoms with E-state index in [2.05, 4.69) is 4.98 Å². The molecule has 0 saturated carbocycles. The van der Waals surface area contributed by atoms with Crippen molar-refractivity contribution < 1.29 is 4.79 Å². The number of pyridine rings is 1. The van der Waals surface area contributed by atoms with Crippen LogP contribution in [0.3, 0.4) is 0 Å². The predicted octanol–water partition coefficient (Wildman–Crippen LogP) is 1.99. The van der Waals surface area contributed by atoms with E-state index in [4.69, 9.17) is 18.0 Å². The molecule has 0 aliphatic carbocycles. The summed E-state index contributed by atoms with van der Waals surface area (Å²) in [5.74, 6) is -0.109. The SMILES string of the molecule is CN(C(=O)c1ccncc1)c1cccc(C(N)=S)c1. The normalized spacial score (nSPS) is 9.95. The van der Waals surface area contributed by atoms with Crippen LogP contribution < -0.4 is 10.6 Å². The van der Waals surface area contributed by atoms with Gasteiger partial charge in [-0.05, 0) is 24.3 Å². The Hall–Kier alpha value is -2.27. The molecule has 0 saturated heterocycles. The average molecular weight is 271 g/mol. The number of thiocarbonyl (C=S) groups is 1. The molecule has 0 fully saturated rings. The van der Waals surface area contributed by atoms with Crippen molar-refractivity contribution in [3.63, 3.8) is 0 Å². The lowest BCUT2D eigenvalue weighted by atomic mass is 10.1. The number of hydrogen-bond acceptors (Lipinski definition) is 3. The lowest BCUT2D eigenvalue weighted by molar-refractivity contribution is 0.0993. The number of benzene rings is 1. The Bertz CT molecular complexity index is 613. The number of nitrogens with zero attached hydrogens (tertiary/aromatic N) is 2. The molecule has 0 bridgehead atoms. The van der Waals surface area contributed by atoms with Gasteiger partial charge in [-0.3, -0.25) is 9.78 Å². The average Bonchev–Trinajstić information content (AvgIpc) is 2.46. The van der Waals surface area contributed by atoms with Crippen molar-refractivity contribution in [2.24, 2.45) is 5.73 Å². The molecule has 0 spiro atoms. The standard InChI is InChI=1S/C14H13N3OS/c1-17(14(18)10-5-7-16-8-6-10)12-4-2-3-11(9-12)13(15)19/h2-9H,1H3,(H2,15,19). The third-order valence-corrected chi connectivity index (χ3v) is 2.99. The number of carbonyl (C=O) groups excluding carboxylic acids is 1. The summed E-state index contributed by atoms with van der Waals surface area (Å²) in [7, 11) is 1.71. The number of rotatable bonds is 3. The van der Waals surface area contributed by atoms with E-state index in [9.17, 15) is 4.79 Å². The van der Waals surface area contributed by atoms with Crippen LogP contribution in [0.15, 0.2) is 48.8 Å². The summed E-state index contributed by atoms with van der Waals surface area (Å²) in [5, 5.41) is 0. The molecule has 1 aromatic carbocycles. The Kier molecular flexibility index (Phi) is 3.87. The number of carbonyl (C=O) groups is 1. The highest BCUT2D eigenvalue weighted by molar-refractivity contribution is 7.80. The van der Waals surface area contributed by atoms with Crippen LogP contribution in [0, 0.1) is 0 Å². The Morgan fingerprint density at radius 3 is 2.53 bits per heavy atom. The van der Waals surface area contributed by atoms with Gasteiger partial charge in [-0.25, -0.2) is 0 Å². The summed E-state index contributed by atoms with van der Waals surface area (Å²) >= 11 is 4.93. The second-order valence-corrected chi connectivity index (χ2v) is 4.45. The van der Waals surface area contributed by atoms with Crippen LogP contribution in [0.2, 0.25) is 0 Å². The molecule has 19 heavy (non-hydrogen) atoms. The second kappa shape index (κ2) is 5.58. The summed E-state index contributed by atoms with van der Waals surface area (Å²) < 4.78 is 0. The number of aromatic nitrogens is 1. The minimum Gasteiger partial charge on any atom is -0.389 e. The van der Waals surface area contributed by atoms with Gasteiger partial charge in [0.25, 0.3) is 5.91 Å². The van der Waals surface area contributed by atoms with E-state index in [0.717, 1.165) is 11.3 Å². The van der Waals surface area contributed by atoms with Gasteiger partial charge >= 0.3 is 0 Å². The smallest absolute Gasteiger partial charge is 0.258 e. The van der Waals surface area contributed by atoms with Crippen LogP contribution >= 0.6 is 12.2 Å². The third-order valence-electron chi connectivity index (χ3n) is 2.75. The van der Waals surface area contributed by atoms with Crippen LogP contribution in [0.25, 0.3) is 0 Å². The summed E-state index contributed by atoms with van der Waals surface area (Å²) in [6.07, 6.45) is 3.18. The van der Waals surface area contributed by atoms with Gasteiger partial charge in [-0.15, -0.1) is 0 Å². The van der Waals surface area contributed by atoms with E-state index in [0.29, 0.717) is 10.6 Å². The Morgan fingerprint density at radius 1 is 1.21 bits per heavy atom.